The Kier molecular flexibility index (Phi) is 6.74. The Hall–Kier alpha value is -1.39. The fourth-order valence-electron chi connectivity index (χ4n) is 4.06. The molecule has 0 aliphatic carbocycles. The van der Waals surface area contributed by atoms with Gasteiger partial charge in [-0.2, -0.15) is 5.48 Å². The lowest BCUT2D eigenvalue weighted by atomic mass is 9.87. The van der Waals surface area contributed by atoms with Crippen molar-refractivity contribution in [3.63, 3.8) is 0 Å². The minimum atomic E-state index is -3.06. The standard InChI is InChI=1S/C19H34N4O5S/c1-19(2,3)15-13-16(21-28-15)20-17(24)14-7-5-4-6-8-23(14)18(25)22-9-11-29(26,27)12-10-22/h14-16,21H,4-13H2,1-3H3,(H,20,24)/t14?,15-,16?/m0/s1. The molecule has 3 amide bonds. The Morgan fingerprint density at radius 1 is 1.07 bits per heavy atom. The van der Waals surface area contributed by atoms with Gasteiger partial charge in [-0.05, 0) is 18.3 Å². The highest BCUT2D eigenvalue weighted by atomic mass is 32.2. The summed E-state index contributed by atoms with van der Waals surface area (Å²) >= 11 is 0. The maximum atomic E-state index is 13.1. The zero-order valence-electron chi connectivity index (χ0n) is 17.6. The maximum Gasteiger partial charge on any atom is 0.320 e. The molecule has 166 valence electrons. The molecule has 2 N–H and O–H groups in total. The molecular weight excluding hydrogens is 396 g/mol. The van der Waals surface area contributed by atoms with E-state index in [1.54, 1.807) is 9.80 Å². The highest BCUT2D eigenvalue weighted by Gasteiger charge is 2.39. The van der Waals surface area contributed by atoms with Crippen LogP contribution in [0.1, 0.15) is 52.9 Å². The number of sulfone groups is 1. The van der Waals surface area contributed by atoms with Crippen LogP contribution in [0.15, 0.2) is 0 Å². The summed E-state index contributed by atoms with van der Waals surface area (Å²) in [6.45, 7) is 7.17. The van der Waals surface area contributed by atoms with Crippen LogP contribution in [0.2, 0.25) is 0 Å². The summed E-state index contributed by atoms with van der Waals surface area (Å²) in [6.07, 6.45) is 3.69. The second-order valence-electron chi connectivity index (χ2n) is 9.37. The van der Waals surface area contributed by atoms with Crippen molar-refractivity contribution >= 4 is 21.8 Å². The monoisotopic (exact) mass is 430 g/mol. The predicted octanol–water partition coefficient (Wildman–Crippen LogP) is 0.863. The SMILES string of the molecule is CC(C)(C)[C@@H]1CC(NC(=O)C2CCCCCN2C(=O)N2CCS(=O)(=O)CC2)NO1. The van der Waals surface area contributed by atoms with Crippen LogP contribution >= 0.6 is 0 Å². The number of nitrogens with one attached hydrogen (secondary N) is 2. The average Bonchev–Trinajstić information content (AvgIpc) is 2.97. The van der Waals surface area contributed by atoms with Crippen LogP contribution in [0.5, 0.6) is 0 Å². The van der Waals surface area contributed by atoms with Crippen molar-refractivity contribution in [3.05, 3.63) is 0 Å². The van der Waals surface area contributed by atoms with E-state index in [4.69, 9.17) is 4.84 Å². The third kappa shape index (κ3) is 5.61. The number of nitrogens with zero attached hydrogens (tertiary/aromatic N) is 2. The Morgan fingerprint density at radius 3 is 2.38 bits per heavy atom. The number of likely N-dealkylation sites (tertiary alicyclic amines) is 1. The molecule has 0 saturated carbocycles. The van der Waals surface area contributed by atoms with Gasteiger partial charge in [-0.1, -0.05) is 33.6 Å². The molecule has 3 saturated heterocycles. The van der Waals surface area contributed by atoms with Crippen molar-refractivity contribution in [1.82, 2.24) is 20.6 Å². The lowest BCUT2D eigenvalue weighted by Gasteiger charge is -2.36. The van der Waals surface area contributed by atoms with Crippen molar-refractivity contribution < 1.29 is 22.8 Å². The highest BCUT2D eigenvalue weighted by Crippen LogP contribution is 2.28. The molecule has 9 nitrogen and oxygen atoms in total. The molecule has 0 radical (unpaired) electrons. The number of rotatable bonds is 2. The van der Waals surface area contributed by atoms with Gasteiger partial charge in [0.05, 0.1) is 17.6 Å². The van der Waals surface area contributed by atoms with Gasteiger partial charge in [0, 0.05) is 26.1 Å². The second-order valence-corrected chi connectivity index (χ2v) is 11.7. The number of hydrogen-bond donors (Lipinski definition) is 2. The summed E-state index contributed by atoms with van der Waals surface area (Å²) in [5, 5.41) is 3.00. The third-order valence-corrected chi connectivity index (χ3v) is 7.61. The van der Waals surface area contributed by atoms with Gasteiger partial charge in [-0.25, -0.2) is 13.2 Å². The first-order chi connectivity index (χ1) is 13.6. The number of urea groups is 1. The first-order valence-electron chi connectivity index (χ1n) is 10.5. The van der Waals surface area contributed by atoms with Gasteiger partial charge in [0.15, 0.2) is 9.84 Å². The Morgan fingerprint density at radius 2 is 1.76 bits per heavy atom. The fraction of sp³-hybridized carbons (Fsp3) is 0.895. The molecule has 3 rings (SSSR count). The summed E-state index contributed by atoms with van der Waals surface area (Å²) < 4.78 is 23.4. The molecule has 0 bridgehead atoms. The Balaban J connectivity index is 1.64. The van der Waals surface area contributed by atoms with E-state index in [-0.39, 0.29) is 54.2 Å². The van der Waals surface area contributed by atoms with Crippen LogP contribution in [-0.2, 0) is 19.5 Å². The molecule has 0 spiro atoms. The van der Waals surface area contributed by atoms with Gasteiger partial charge in [-0.15, -0.1) is 0 Å². The van der Waals surface area contributed by atoms with Gasteiger partial charge >= 0.3 is 6.03 Å². The minimum Gasteiger partial charge on any atom is -0.337 e. The van der Waals surface area contributed by atoms with Gasteiger partial charge < -0.3 is 15.1 Å². The molecule has 0 aromatic carbocycles. The number of amides is 3. The molecule has 3 aliphatic heterocycles. The van der Waals surface area contributed by atoms with Crippen LogP contribution < -0.4 is 10.8 Å². The van der Waals surface area contributed by atoms with Gasteiger partial charge in [0.1, 0.15) is 12.2 Å². The largest absolute Gasteiger partial charge is 0.337 e. The number of carbonyl (C=O) groups is 2. The van der Waals surface area contributed by atoms with E-state index in [1.165, 1.54) is 0 Å². The summed E-state index contributed by atoms with van der Waals surface area (Å²) in [5.74, 6) is -0.206. The summed E-state index contributed by atoms with van der Waals surface area (Å²) in [7, 11) is -3.06. The lowest BCUT2D eigenvalue weighted by molar-refractivity contribution is -0.127. The van der Waals surface area contributed by atoms with E-state index in [0.29, 0.717) is 19.4 Å². The van der Waals surface area contributed by atoms with Crippen molar-refractivity contribution in [2.75, 3.05) is 31.1 Å². The molecule has 3 fully saturated rings. The molecule has 2 unspecified atom stereocenters. The summed E-state index contributed by atoms with van der Waals surface area (Å²) in [6, 6.07) is -0.774. The Labute approximate surface area is 173 Å². The first kappa shape index (κ1) is 22.3. The van der Waals surface area contributed by atoms with E-state index in [1.807, 2.05) is 0 Å². The molecule has 3 atom stereocenters. The number of carbonyl (C=O) groups excluding carboxylic acids is 2. The van der Waals surface area contributed by atoms with Gasteiger partial charge in [0.2, 0.25) is 5.91 Å². The highest BCUT2D eigenvalue weighted by molar-refractivity contribution is 7.91. The summed E-state index contributed by atoms with van der Waals surface area (Å²) in [5.41, 5.74) is 2.87. The molecule has 3 heterocycles. The summed E-state index contributed by atoms with van der Waals surface area (Å²) in [4.78, 5) is 35.0. The van der Waals surface area contributed by atoms with Crippen molar-refractivity contribution in [2.24, 2.45) is 5.41 Å². The van der Waals surface area contributed by atoms with Crippen LogP contribution in [0.4, 0.5) is 4.79 Å². The van der Waals surface area contributed by atoms with E-state index in [2.05, 4.69) is 31.6 Å². The molecule has 29 heavy (non-hydrogen) atoms. The predicted molar refractivity (Wildman–Crippen MR) is 109 cm³/mol. The molecule has 0 aromatic heterocycles. The number of hydrogen-bond acceptors (Lipinski definition) is 6. The molecule has 0 aromatic rings. The van der Waals surface area contributed by atoms with Crippen molar-refractivity contribution in [2.45, 2.75) is 71.2 Å². The van der Waals surface area contributed by atoms with E-state index in [9.17, 15) is 18.0 Å². The normalized spacial score (nSPS) is 30.7. The topological polar surface area (TPSA) is 108 Å². The number of hydroxylamine groups is 1. The molecule has 3 aliphatic rings. The van der Waals surface area contributed by atoms with Crippen molar-refractivity contribution in [1.29, 1.82) is 0 Å². The van der Waals surface area contributed by atoms with Crippen LogP contribution in [0, 0.1) is 5.41 Å². The quantitative estimate of drug-likeness (QED) is 0.673. The van der Waals surface area contributed by atoms with Crippen LogP contribution in [0.3, 0.4) is 0 Å². The van der Waals surface area contributed by atoms with E-state index in [0.717, 1.165) is 19.3 Å². The zero-order chi connectivity index (χ0) is 21.2. The Bertz CT molecular complexity index is 707. The van der Waals surface area contributed by atoms with Crippen LogP contribution in [0.25, 0.3) is 0 Å². The first-order valence-corrected chi connectivity index (χ1v) is 12.4. The van der Waals surface area contributed by atoms with Gasteiger partial charge in [0.25, 0.3) is 0 Å². The lowest BCUT2D eigenvalue weighted by Crippen LogP contribution is -2.57. The third-order valence-electron chi connectivity index (χ3n) is 6.00. The molecule has 10 heteroatoms. The van der Waals surface area contributed by atoms with Crippen LogP contribution in [-0.4, -0.2) is 79.6 Å². The average molecular weight is 431 g/mol. The minimum absolute atomic E-state index is 0.00466. The van der Waals surface area contributed by atoms with Crippen molar-refractivity contribution in [3.8, 4) is 0 Å². The van der Waals surface area contributed by atoms with Gasteiger partial charge in [-0.3, -0.25) is 9.63 Å². The van der Waals surface area contributed by atoms with E-state index < -0.39 is 15.9 Å². The zero-order valence-corrected chi connectivity index (χ0v) is 18.5. The molecular formula is C19H34N4O5S. The van der Waals surface area contributed by atoms with E-state index >= 15 is 0 Å². The second kappa shape index (κ2) is 8.77. The maximum absolute atomic E-state index is 13.1. The fourth-order valence-corrected chi connectivity index (χ4v) is 5.26. The smallest absolute Gasteiger partial charge is 0.320 e.